The van der Waals surface area contributed by atoms with E-state index >= 15 is 0 Å². The van der Waals surface area contributed by atoms with Gasteiger partial charge in [-0.25, -0.2) is 0 Å². The molecule has 5 nitrogen and oxygen atoms in total. The molecule has 0 aliphatic carbocycles. The number of nitrogens with zero attached hydrogens (tertiary/aromatic N) is 1. The largest absolute Gasteiger partial charge is 0.454 e. The van der Waals surface area contributed by atoms with Crippen LogP contribution >= 0.6 is 15.9 Å². The molecule has 6 heteroatoms. The topological polar surface area (TPSA) is 72.5 Å². The van der Waals surface area contributed by atoms with E-state index in [4.69, 9.17) is 13.9 Å². The van der Waals surface area contributed by atoms with Crippen LogP contribution in [0.4, 0.5) is 0 Å². The quantitative estimate of drug-likeness (QED) is 0.806. The number of fused-ring (bicyclic) bond motifs is 1. The molecule has 0 saturated heterocycles. The van der Waals surface area contributed by atoms with Gasteiger partial charge in [-0.2, -0.15) is 5.26 Å². The number of carbonyl (C=O) groups is 1. The van der Waals surface area contributed by atoms with Gasteiger partial charge in [-0.15, -0.1) is 0 Å². The monoisotopic (exact) mass is 333 g/mol. The molecular formula is C14H8BrNO4. The van der Waals surface area contributed by atoms with Crippen LogP contribution in [-0.2, 0) is 0 Å². The van der Waals surface area contributed by atoms with Gasteiger partial charge in [-0.05, 0) is 45.8 Å². The minimum atomic E-state index is -0.942. The van der Waals surface area contributed by atoms with Gasteiger partial charge in [0.1, 0.15) is 5.92 Å². The third-order valence-electron chi connectivity index (χ3n) is 2.94. The number of benzene rings is 1. The lowest BCUT2D eigenvalue weighted by atomic mass is 9.94. The number of ketones is 1. The first-order chi connectivity index (χ1) is 9.69. The molecule has 20 heavy (non-hydrogen) atoms. The van der Waals surface area contributed by atoms with Crippen molar-refractivity contribution in [2.24, 2.45) is 0 Å². The van der Waals surface area contributed by atoms with E-state index in [9.17, 15) is 10.1 Å². The highest BCUT2D eigenvalue weighted by molar-refractivity contribution is 9.10. The highest BCUT2D eigenvalue weighted by Gasteiger charge is 2.26. The van der Waals surface area contributed by atoms with Crippen molar-refractivity contribution in [1.82, 2.24) is 0 Å². The molecule has 3 rings (SSSR count). The molecule has 1 aliphatic heterocycles. The Hall–Kier alpha value is -2.26. The minimum Gasteiger partial charge on any atom is -0.454 e. The summed E-state index contributed by atoms with van der Waals surface area (Å²) in [7, 11) is 0. The van der Waals surface area contributed by atoms with E-state index in [0.717, 1.165) is 0 Å². The summed E-state index contributed by atoms with van der Waals surface area (Å²) in [5.41, 5.74) is 0.550. The Balaban J connectivity index is 1.94. The Morgan fingerprint density at radius 3 is 2.75 bits per heavy atom. The molecule has 0 saturated carbocycles. The van der Waals surface area contributed by atoms with Crippen molar-refractivity contribution < 1.29 is 18.7 Å². The summed E-state index contributed by atoms with van der Waals surface area (Å²) in [6.45, 7) is 0.148. The molecule has 0 radical (unpaired) electrons. The second-order valence-electron chi connectivity index (χ2n) is 4.14. The fourth-order valence-electron chi connectivity index (χ4n) is 1.97. The fourth-order valence-corrected chi connectivity index (χ4v) is 2.27. The predicted molar refractivity (Wildman–Crippen MR) is 71.7 cm³/mol. The van der Waals surface area contributed by atoms with Crippen molar-refractivity contribution in [3.05, 3.63) is 46.3 Å². The van der Waals surface area contributed by atoms with Crippen molar-refractivity contribution in [1.29, 1.82) is 5.26 Å². The summed E-state index contributed by atoms with van der Waals surface area (Å²) >= 11 is 3.13. The molecule has 100 valence electrons. The minimum absolute atomic E-state index is 0.140. The van der Waals surface area contributed by atoms with Gasteiger partial charge in [0.05, 0.1) is 6.07 Å². The first-order valence-electron chi connectivity index (χ1n) is 5.78. The van der Waals surface area contributed by atoms with Crippen molar-refractivity contribution in [3.8, 4) is 17.6 Å². The number of halogens is 1. The summed E-state index contributed by atoms with van der Waals surface area (Å²) in [4.78, 5) is 12.3. The predicted octanol–water partition coefficient (Wildman–Crippen LogP) is 3.26. The van der Waals surface area contributed by atoms with Crippen LogP contribution in [0.3, 0.4) is 0 Å². The van der Waals surface area contributed by atoms with Gasteiger partial charge in [0.25, 0.3) is 0 Å². The number of Topliss-reactive ketones (excluding diaryl/α,β-unsaturated/α-hetero) is 1. The standard InChI is InChI=1S/C14H8BrNO4/c15-13-4-3-11(20-13)14(17)9(6-16)8-1-2-10-12(5-8)19-7-18-10/h1-5,9H,7H2. The van der Waals surface area contributed by atoms with Crippen LogP contribution in [-0.4, -0.2) is 12.6 Å². The maximum absolute atomic E-state index is 12.3. The van der Waals surface area contributed by atoms with Gasteiger partial charge in [0.15, 0.2) is 21.9 Å². The van der Waals surface area contributed by atoms with Gasteiger partial charge in [0.2, 0.25) is 12.6 Å². The van der Waals surface area contributed by atoms with Crippen LogP contribution in [0.15, 0.2) is 39.4 Å². The summed E-state index contributed by atoms with van der Waals surface area (Å²) < 4.78 is 16.1. The Labute approximate surface area is 122 Å². The van der Waals surface area contributed by atoms with Crippen molar-refractivity contribution in [3.63, 3.8) is 0 Å². The third-order valence-corrected chi connectivity index (χ3v) is 3.36. The van der Waals surface area contributed by atoms with Gasteiger partial charge in [0, 0.05) is 0 Å². The number of ether oxygens (including phenoxy) is 2. The second kappa shape index (κ2) is 5.02. The lowest BCUT2D eigenvalue weighted by molar-refractivity contribution is 0.0950. The van der Waals surface area contributed by atoms with E-state index in [2.05, 4.69) is 15.9 Å². The van der Waals surface area contributed by atoms with Crippen LogP contribution in [0.1, 0.15) is 22.0 Å². The molecule has 0 fully saturated rings. The molecule has 1 aromatic carbocycles. The molecule has 2 aromatic rings. The zero-order chi connectivity index (χ0) is 14.1. The number of furan rings is 1. The number of carbonyl (C=O) groups excluding carboxylic acids is 1. The normalized spacial score (nSPS) is 13.8. The van der Waals surface area contributed by atoms with Gasteiger partial charge in [-0.3, -0.25) is 4.79 Å². The Bertz CT molecular complexity index is 716. The van der Waals surface area contributed by atoms with Crippen LogP contribution < -0.4 is 9.47 Å². The van der Waals surface area contributed by atoms with Crippen LogP contribution in [0.5, 0.6) is 11.5 Å². The zero-order valence-electron chi connectivity index (χ0n) is 10.1. The molecule has 2 heterocycles. The van der Waals surface area contributed by atoms with Crippen molar-refractivity contribution >= 4 is 21.7 Å². The molecule has 1 unspecified atom stereocenters. The van der Waals surface area contributed by atoms with Crippen LogP contribution in [0.2, 0.25) is 0 Å². The maximum Gasteiger partial charge on any atom is 0.231 e. The molecule has 0 bridgehead atoms. The van der Waals surface area contributed by atoms with Crippen molar-refractivity contribution in [2.45, 2.75) is 5.92 Å². The van der Waals surface area contributed by atoms with Gasteiger partial charge >= 0.3 is 0 Å². The smallest absolute Gasteiger partial charge is 0.231 e. The van der Waals surface area contributed by atoms with E-state index in [1.165, 1.54) is 6.07 Å². The highest BCUT2D eigenvalue weighted by atomic mass is 79.9. The first-order valence-corrected chi connectivity index (χ1v) is 6.57. The van der Waals surface area contributed by atoms with E-state index in [-0.39, 0.29) is 12.6 Å². The van der Waals surface area contributed by atoms with E-state index in [1.54, 1.807) is 24.3 Å². The molecular weight excluding hydrogens is 326 g/mol. The summed E-state index contributed by atoms with van der Waals surface area (Å²) in [5, 5.41) is 9.27. The van der Waals surface area contributed by atoms with E-state index in [1.807, 2.05) is 6.07 Å². The Morgan fingerprint density at radius 1 is 1.25 bits per heavy atom. The second-order valence-corrected chi connectivity index (χ2v) is 4.92. The first kappa shape index (κ1) is 12.8. The molecule has 0 N–H and O–H groups in total. The van der Waals surface area contributed by atoms with Gasteiger partial charge < -0.3 is 13.9 Å². The van der Waals surface area contributed by atoms with E-state index in [0.29, 0.717) is 21.7 Å². The SMILES string of the molecule is N#CC(C(=O)c1ccc(Br)o1)c1ccc2c(c1)OCO2. The molecule has 1 aromatic heterocycles. The average molecular weight is 334 g/mol. The molecule has 1 atom stereocenters. The number of rotatable bonds is 3. The molecule has 0 spiro atoms. The maximum atomic E-state index is 12.3. The summed E-state index contributed by atoms with van der Waals surface area (Å²) in [5.74, 6) is -0.0458. The Kier molecular flexibility index (Phi) is 3.20. The lowest BCUT2D eigenvalue weighted by Gasteiger charge is -2.07. The number of nitriles is 1. The van der Waals surface area contributed by atoms with E-state index < -0.39 is 11.7 Å². The molecule has 1 aliphatic rings. The van der Waals surface area contributed by atoms with Gasteiger partial charge in [-0.1, -0.05) is 6.07 Å². The molecule has 0 amide bonds. The lowest BCUT2D eigenvalue weighted by Crippen LogP contribution is -2.10. The summed E-state index contributed by atoms with van der Waals surface area (Å²) in [6.07, 6.45) is 0. The number of hydrogen-bond acceptors (Lipinski definition) is 5. The zero-order valence-corrected chi connectivity index (χ0v) is 11.7. The van der Waals surface area contributed by atoms with Crippen LogP contribution in [0.25, 0.3) is 0 Å². The number of hydrogen-bond donors (Lipinski definition) is 0. The van der Waals surface area contributed by atoms with Crippen molar-refractivity contribution in [2.75, 3.05) is 6.79 Å². The summed E-state index contributed by atoms with van der Waals surface area (Å²) in [6, 6.07) is 10.2. The Morgan fingerprint density at radius 2 is 2.05 bits per heavy atom. The fraction of sp³-hybridized carbons (Fsp3) is 0.143. The average Bonchev–Trinajstić information content (AvgIpc) is 3.07. The highest BCUT2D eigenvalue weighted by Crippen LogP contribution is 2.35. The van der Waals surface area contributed by atoms with Crippen LogP contribution in [0, 0.1) is 11.3 Å². The third kappa shape index (κ3) is 2.17.